The first-order chi connectivity index (χ1) is 14.7. The summed E-state index contributed by atoms with van der Waals surface area (Å²) in [6, 6.07) is 12.5. The molecular formula is C23H25N3O4. The van der Waals surface area contributed by atoms with E-state index in [2.05, 4.69) is 10.6 Å². The van der Waals surface area contributed by atoms with E-state index in [9.17, 15) is 9.59 Å². The van der Waals surface area contributed by atoms with Gasteiger partial charge in [-0.2, -0.15) is 0 Å². The van der Waals surface area contributed by atoms with Gasteiger partial charge in [0.05, 0.1) is 0 Å². The van der Waals surface area contributed by atoms with Crippen molar-refractivity contribution in [2.24, 2.45) is 0 Å². The Balaban J connectivity index is 1.29. The number of ether oxygens (including phenoxy) is 2. The molecule has 3 amide bonds. The fraction of sp³-hybridized carbons (Fsp3) is 0.304. The molecule has 30 heavy (non-hydrogen) atoms. The minimum absolute atomic E-state index is 0.0691. The fourth-order valence-corrected chi connectivity index (χ4v) is 3.49. The van der Waals surface area contributed by atoms with Crippen molar-refractivity contribution in [3.05, 3.63) is 54.1 Å². The molecule has 0 radical (unpaired) electrons. The van der Waals surface area contributed by atoms with Crippen LogP contribution in [-0.2, 0) is 4.79 Å². The van der Waals surface area contributed by atoms with E-state index in [0.29, 0.717) is 22.9 Å². The molecule has 0 unspecified atom stereocenters. The number of rotatable bonds is 4. The molecule has 1 saturated heterocycles. The topological polar surface area (TPSA) is 79.9 Å². The molecule has 7 nitrogen and oxygen atoms in total. The highest BCUT2D eigenvalue weighted by Crippen LogP contribution is 2.32. The van der Waals surface area contributed by atoms with Crippen LogP contribution in [0.5, 0.6) is 11.5 Å². The van der Waals surface area contributed by atoms with Crippen LogP contribution in [0.4, 0.5) is 16.2 Å². The van der Waals surface area contributed by atoms with Gasteiger partial charge in [-0.25, -0.2) is 4.79 Å². The lowest BCUT2D eigenvalue weighted by Gasteiger charge is -2.20. The third-order valence-corrected chi connectivity index (χ3v) is 5.12. The molecule has 2 aliphatic heterocycles. The van der Waals surface area contributed by atoms with Crippen LogP contribution in [0.3, 0.4) is 0 Å². The lowest BCUT2D eigenvalue weighted by Crippen LogP contribution is -2.35. The number of hydrogen-bond acceptors (Lipinski definition) is 4. The van der Waals surface area contributed by atoms with Gasteiger partial charge < -0.3 is 25.0 Å². The predicted molar refractivity (Wildman–Crippen MR) is 116 cm³/mol. The van der Waals surface area contributed by atoms with Gasteiger partial charge in [-0.15, -0.1) is 0 Å². The second kappa shape index (κ2) is 9.35. The molecule has 7 heteroatoms. The Labute approximate surface area is 175 Å². The van der Waals surface area contributed by atoms with E-state index in [1.807, 2.05) is 23.1 Å². The lowest BCUT2D eigenvalue weighted by atomic mass is 10.2. The number of nitrogens with one attached hydrogen (secondary N) is 2. The molecule has 1 fully saturated rings. The lowest BCUT2D eigenvalue weighted by molar-refractivity contribution is -0.111. The standard InChI is InChI=1S/C23H25N3O4/c27-22(12-6-17-5-11-20-21(15-17)30-16-29-20)24-18-7-9-19(10-8-18)25-23(28)26-13-3-1-2-4-14-26/h5-12,15H,1-4,13-14,16H2,(H,24,27)(H,25,28)/b12-6+. The molecule has 2 N–H and O–H groups in total. The van der Waals surface area contributed by atoms with E-state index in [4.69, 9.17) is 9.47 Å². The number of likely N-dealkylation sites (tertiary alicyclic amines) is 1. The highest BCUT2D eigenvalue weighted by Gasteiger charge is 2.15. The van der Waals surface area contributed by atoms with Crippen molar-refractivity contribution in [2.45, 2.75) is 25.7 Å². The molecule has 0 spiro atoms. The number of benzene rings is 2. The van der Waals surface area contributed by atoms with Crippen molar-refractivity contribution in [2.75, 3.05) is 30.5 Å². The maximum absolute atomic E-state index is 12.4. The molecule has 2 aromatic carbocycles. The molecular weight excluding hydrogens is 382 g/mol. The van der Waals surface area contributed by atoms with Gasteiger partial charge in [0.2, 0.25) is 12.7 Å². The SMILES string of the molecule is O=C(/C=C/c1ccc2c(c1)OCO2)Nc1ccc(NC(=O)N2CCCCCC2)cc1. The average Bonchev–Trinajstić information content (AvgIpc) is 3.05. The second-order valence-corrected chi connectivity index (χ2v) is 7.34. The van der Waals surface area contributed by atoms with Crippen LogP contribution < -0.4 is 20.1 Å². The number of anilines is 2. The Morgan fingerprint density at radius 2 is 1.50 bits per heavy atom. The van der Waals surface area contributed by atoms with Crippen LogP contribution >= 0.6 is 0 Å². The van der Waals surface area contributed by atoms with Crippen LogP contribution in [0.1, 0.15) is 31.2 Å². The first-order valence-electron chi connectivity index (χ1n) is 10.2. The number of nitrogens with zero attached hydrogens (tertiary/aromatic N) is 1. The van der Waals surface area contributed by atoms with E-state index in [0.717, 1.165) is 31.5 Å². The van der Waals surface area contributed by atoms with Crippen molar-refractivity contribution >= 4 is 29.4 Å². The fourth-order valence-electron chi connectivity index (χ4n) is 3.49. The molecule has 0 bridgehead atoms. The molecule has 0 saturated carbocycles. The summed E-state index contributed by atoms with van der Waals surface area (Å²) in [5.74, 6) is 1.14. The van der Waals surface area contributed by atoms with Crippen molar-refractivity contribution < 1.29 is 19.1 Å². The number of urea groups is 1. The van der Waals surface area contributed by atoms with E-state index < -0.39 is 0 Å². The molecule has 2 aromatic rings. The number of hydrogen-bond donors (Lipinski definition) is 2. The Kier molecular flexibility index (Phi) is 6.17. The predicted octanol–water partition coefficient (Wildman–Crippen LogP) is 4.48. The van der Waals surface area contributed by atoms with Gasteiger partial charge in [-0.05, 0) is 60.9 Å². The van der Waals surface area contributed by atoms with Gasteiger partial charge in [0, 0.05) is 30.5 Å². The van der Waals surface area contributed by atoms with Gasteiger partial charge in [0.15, 0.2) is 11.5 Å². The summed E-state index contributed by atoms with van der Waals surface area (Å²) < 4.78 is 10.6. The Bertz CT molecular complexity index is 932. The number of fused-ring (bicyclic) bond motifs is 1. The zero-order valence-corrected chi connectivity index (χ0v) is 16.7. The average molecular weight is 407 g/mol. The van der Waals surface area contributed by atoms with Crippen molar-refractivity contribution in [3.63, 3.8) is 0 Å². The van der Waals surface area contributed by atoms with E-state index in [1.165, 1.54) is 18.9 Å². The van der Waals surface area contributed by atoms with Crippen LogP contribution in [0.15, 0.2) is 48.5 Å². The number of carbonyl (C=O) groups excluding carboxylic acids is 2. The minimum atomic E-state index is -0.242. The molecule has 0 atom stereocenters. The van der Waals surface area contributed by atoms with E-state index >= 15 is 0 Å². The van der Waals surface area contributed by atoms with Crippen LogP contribution in [-0.4, -0.2) is 36.7 Å². The van der Waals surface area contributed by atoms with Gasteiger partial charge in [0.1, 0.15) is 0 Å². The van der Waals surface area contributed by atoms with E-state index in [1.54, 1.807) is 30.3 Å². The van der Waals surface area contributed by atoms with Crippen molar-refractivity contribution in [3.8, 4) is 11.5 Å². The third kappa shape index (κ3) is 5.11. The molecule has 2 aliphatic rings. The summed E-state index contributed by atoms with van der Waals surface area (Å²) in [4.78, 5) is 26.4. The number of amides is 3. The maximum atomic E-state index is 12.4. The van der Waals surface area contributed by atoms with Crippen LogP contribution in [0.25, 0.3) is 6.08 Å². The van der Waals surface area contributed by atoms with Gasteiger partial charge >= 0.3 is 6.03 Å². The van der Waals surface area contributed by atoms with Crippen LogP contribution in [0.2, 0.25) is 0 Å². The third-order valence-electron chi connectivity index (χ3n) is 5.12. The van der Waals surface area contributed by atoms with Crippen LogP contribution in [0, 0.1) is 0 Å². The first kappa shape index (κ1) is 19.8. The number of carbonyl (C=O) groups is 2. The van der Waals surface area contributed by atoms with Crippen molar-refractivity contribution in [1.82, 2.24) is 4.90 Å². The molecule has 2 heterocycles. The normalized spacial score (nSPS) is 15.7. The quantitative estimate of drug-likeness (QED) is 0.733. The summed E-state index contributed by atoms with van der Waals surface area (Å²) >= 11 is 0. The van der Waals surface area contributed by atoms with E-state index in [-0.39, 0.29) is 18.7 Å². The monoisotopic (exact) mass is 407 g/mol. The van der Waals surface area contributed by atoms with Gasteiger partial charge in [-0.1, -0.05) is 18.9 Å². The highest BCUT2D eigenvalue weighted by molar-refractivity contribution is 6.02. The summed E-state index contributed by atoms with van der Waals surface area (Å²) in [7, 11) is 0. The summed E-state index contributed by atoms with van der Waals surface area (Å²) in [5, 5.41) is 5.74. The zero-order chi connectivity index (χ0) is 20.8. The first-order valence-corrected chi connectivity index (χ1v) is 10.2. The largest absolute Gasteiger partial charge is 0.454 e. The Morgan fingerprint density at radius 3 is 2.23 bits per heavy atom. The second-order valence-electron chi connectivity index (χ2n) is 7.34. The van der Waals surface area contributed by atoms with Crippen molar-refractivity contribution in [1.29, 1.82) is 0 Å². The van der Waals surface area contributed by atoms with Gasteiger partial charge in [0.25, 0.3) is 0 Å². The molecule has 0 aliphatic carbocycles. The van der Waals surface area contributed by atoms with Gasteiger partial charge in [-0.3, -0.25) is 4.79 Å². The minimum Gasteiger partial charge on any atom is -0.454 e. The highest BCUT2D eigenvalue weighted by atomic mass is 16.7. The summed E-state index contributed by atoms with van der Waals surface area (Å²) in [6.45, 7) is 1.82. The summed E-state index contributed by atoms with van der Waals surface area (Å²) in [6.07, 6.45) is 7.65. The smallest absolute Gasteiger partial charge is 0.321 e. The Hall–Kier alpha value is -3.48. The summed E-state index contributed by atoms with van der Waals surface area (Å²) in [5.41, 5.74) is 2.21. The Morgan fingerprint density at radius 1 is 0.833 bits per heavy atom. The zero-order valence-electron chi connectivity index (χ0n) is 16.7. The molecule has 4 rings (SSSR count). The molecule has 0 aromatic heterocycles. The maximum Gasteiger partial charge on any atom is 0.321 e. The molecule has 156 valence electrons.